The van der Waals surface area contributed by atoms with Crippen LogP contribution in [0.2, 0.25) is 0 Å². The summed E-state index contributed by atoms with van der Waals surface area (Å²) in [6.45, 7) is 1.83. The lowest BCUT2D eigenvalue weighted by atomic mass is 10.2. The molecule has 0 aliphatic rings. The van der Waals surface area contributed by atoms with Gasteiger partial charge in [-0.05, 0) is 36.8 Å². The van der Waals surface area contributed by atoms with Gasteiger partial charge in [-0.25, -0.2) is 0 Å². The number of nitrogens with zero attached hydrogens (tertiary/aromatic N) is 1. The van der Waals surface area contributed by atoms with Crippen LogP contribution in [0.15, 0.2) is 42.5 Å². The molecule has 0 spiro atoms. The van der Waals surface area contributed by atoms with E-state index >= 15 is 0 Å². The average molecular weight is 360 g/mol. The maximum atomic E-state index is 12.2. The number of carbonyl (C=O) groups is 1. The Hall–Kier alpha value is -3.29. The topological polar surface area (TPSA) is 99.9 Å². The Morgan fingerprint density at radius 1 is 1.12 bits per heavy atom. The Morgan fingerprint density at radius 2 is 1.73 bits per heavy atom. The Labute approximate surface area is 150 Å². The number of benzene rings is 2. The van der Waals surface area contributed by atoms with Gasteiger partial charge in [0.1, 0.15) is 11.5 Å². The van der Waals surface area contributed by atoms with Crippen molar-refractivity contribution in [3.8, 4) is 17.2 Å². The number of rotatable bonds is 8. The quantitative estimate of drug-likeness (QED) is 0.574. The summed E-state index contributed by atoms with van der Waals surface area (Å²) in [5.41, 5.74) is 0.626. The monoisotopic (exact) mass is 360 g/mol. The molecule has 2 rings (SSSR count). The molecule has 0 bridgehead atoms. The third-order valence-electron chi connectivity index (χ3n) is 3.66. The SMILES string of the molecule is COc1ccc(CNC(=O)[C@@H](C)Oc2ccc(OC)cc2[N+](=O)[O-])cc1. The zero-order chi connectivity index (χ0) is 19.1. The van der Waals surface area contributed by atoms with Crippen LogP contribution >= 0.6 is 0 Å². The third-order valence-corrected chi connectivity index (χ3v) is 3.66. The lowest BCUT2D eigenvalue weighted by Crippen LogP contribution is -2.36. The number of nitrogens with one attached hydrogen (secondary N) is 1. The summed E-state index contributed by atoms with van der Waals surface area (Å²) in [5, 5.41) is 13.9. The molecule has 26 heavy (non-hydrogen) atoms. The summed E-state index contributed by atoms with van der Waals surface area (Å²) in [5.74, 6) is 0.679. The van der Waals surface area contributed by atoms with Gasteiger partial charge >= 0.3 is 5.69 Å². The number of nitro benzene ring substituents is 1. The number of carbonyl (C=O) groups excluding carboxylic acids is 1. The Bertz CT molecular complexity index is 776. The lowest BCUT2D eigenvalue weighted by Gasteiger charge is -2.15. The maximum Gasteiger partial charge on any atom is 0.314 e. The number of hydrogen-bond donors (Lipinski definition) is 1. The van der Waals surface area contributed by atoms with Gasteiger partial charge in [-0.1, -0.05) is 12.1 Å². The highest BCUT2D eigenvalue weighted by molar-refractivity contribution is 5.80. The fourth-order valence-electron chi connectivity index (χ4n) is 2.19. The van der Waals surface area contributed by atoms with E-state index in [0.717, 1.165) is 11.3 Å². The Kier molecular flexibility index (Phi) is 6.37. The van der Waals surface area contributed by atoms with E-state index in [1.165, 1.54) is 32.2 Å². The summed E-state index contributed by atoms with van der Waals surface area (Å²) in [6, 6.07) is 11.4. The van der Waals surface area contributed by atoms with Crippen molar-refractivity contribution in [2.75, 3.05) is 14.2 Å². The van der Waals surface area contributed by atoms with Crippen LogP contribution < -0.4 is 19.5 Å². The first-order chi connectivity index (χ1) is 12.4. The van der Waals surface area contributed by atoms with Gasteiger partial charge in [0, 0.05) is 6.54 Å². The molecule has 0 saturated heterocycles. The van der Waals surface area contributed by atoms with Crippen molar-refractivity contribution >= 4 is 11.6 Å². The van der Waals surface area contributed by atoms with Gasteiger partial charge in [-0.15, -0.1) is 0 Å². The van der Waals surface area contributed by atoms with E-state index in [0.29, 0.717) is 12.3 Å². The van der Waals surface area contributed by atoms with Crippen LogP contribution in [-0.4, -0.2) is 31.2 Å². The second-order valence-electron chi connectivity index (χ2n) is 5.42. The molecule has 138 valence electrons. The molecule has 8 nitrogen and oxygen atoms in total. The van der Waals surface area contributed by atoms with Gasteiger partial charge in [0.25, 0.3) is 5.91 Å². The van der Waals surface area contributed by atoms with Crippen LogP contribution in [0.4, 0.5) is 5.69 Å². The molecule has 0 aliphatic carbocycles. The van der Waals surface area contributed by atoms with Gasteiger partial charge in [-0.3, -0.25) is 14.9 Å². The van der Waals surface area contributed by atoms with Gasteiger partial charge in [0.05, 0.1) is 25.2 Å². The van der Waals surface area contributed by atoms with Crippen LogP contribution in [0.1, 0.15) is 12.5 Å². The van der Waals surface area contributed by atoms with E-state index < -0.39 is 11.0 Å². The molecule has 0 unspecified atom stereocenters. The van der Waals surface area contributed by atoms with Crippen molar-refractivity contribution in [3.63, 3.8) is 0 Å². The minimum absolute atomic E-state index is 0.00268. The van der Waals surface area contributed by atoms with Crippen molar-refractivity contribution in [3.05, 3.63) is 58.1 Å². The molecule has 2 aromatic carbocycles. The van der Waals surface area contributed by atoms with Crippen LogP contribution in [-0.2, 0) is 11.3 Å². The van der Waals surface area contributed by atoms with Crippen molar-refractivity contribution in [2.45, 2.75) is 19.6 Å². The van der Waals surface area contributed by atoms with Gasteiger partial charge < -0.3 is 19.5 Å². The molecule has 8 heteroatoms. The number of amides is 1. The minimum Gasteiger partial charge on any atom is -0.497 e. The van der Waals surface area contributed by atoms with Crippen molar-refractivity contribution in [1.82, 2.24) is 5.32 Å². The number of hydrogen-bond acceptors (Lipinski definition) is 6. The van der Waals surface area contributed by atoms with Crippen molar-refractivity contribution < 1.29 is 23.9 Å². The molecular formula is C18H20N2O6. The van der Waals surface area contributed by atoms with Crippen molar-refractivity contribution in [2.24, 2.45) is 0 Å². The van der Waals surface area contributed by atoms with Crippen molar-refractivity contribution in [1.29, 1.82) is 0 Å². The molecule has 1 atom stereocenters. The number of methoxy groups -OCH3 is 2. The largest absolute Gasteiger partial charge is 0.497 e. The smallest absolute Gasteiger partial charge is 0.314 e. The van der Waals surface area contributed by atoms with Gasteiger partial charge in [0.15, 0.2) is 11.9 Å². The first-order valence-corrected chi connectivity index (χ1v) is 7.84. The van der Waals surface area contributed by atoms with E-state index in [1.807, 2.05) is 12.1 Å². The summed E-state index contributed by atoms with van der Waals surface area (Å²) in [7, 11) is 2.99. The zero-order valence-corrected chi connectivity index (χ0v) is 14.7. The molecule has 0 aromatic heterocycles. The van der Waals surface area contributed by atoms with E-state index in [1.54, 1.807) is 19.2 Å². The van der Waals surface area contributed by atoms with Crippen LogP contribution in [0.3, 0.4) is 0 Å². The first kappa shape index (κ1) is 19.0. The summed E-state index contributed by atoms with van der Waals surface area (Å²) < 4.78 is 15.5. The molecule has 2 aromatic rings. The average Bonchev–Trinajstić information content (AvgIpc) is 2.66. The fraction of sp³-hybridized carbons (Fsp3) is 0.278. The first-order valence-electron chi connectivity index (χ1n) is 7.84. The highest BCUT2D eigenvalue weighted by Crippen LogP contribution is 2.31. The van der Waals surface area contributed by atoms with Gasteiger partial charge in [0.2, 0.25) is 0 Å². The zero-order valence-electron chi connectivity index (χ0n) is 14.7. The third kappa shape index (κ3) is 4.85. The normalized spacial score (nSPS) is 11.3. The standard InChI is InChI=1S/C18H20N2O6/c1-12(18(21)19-11-13-4-6-14(24-2)7-5-13)26-17-9-8-15(25-3)10-16(17)20(22)23/h4-10,12H,11H2,1-3H3,(H,19,21)/t12-/m1/s1. The molecule has 0 radical (unpaired) electrons. The second-order valence-corrected chi connectivity index (χ2v) is 5.42. The minimum atomic E-state index is -0.902. The predicted octanol–water partition coefficient (Wildman–Crippen LogP) is 2.70. The lowest BCUT2D eigenvalue weighted by molar-refractivity contribution is -0.386. The summed E-state index contributed by atoms with van der Waals surface area (Å²) >= 11 is 0. The maximum absolute atomic E-state index is 12.2. The highest BCUT2D eigenvalue weighted by atomic mass is 16.6. The molecular weight excluding hydrogens is 340 g/mol. The molecule has 0 heterocycles. The molecule has 1 amide bonds. The number of nitro groups is 1. The van der Waals surface area contributed by atoms with Crippen LogP contribution in [0.25, 0.3) is 0 Å². The van der Waals surface area contributed by atoms with E-state index in [2.05, 4.69) is 5.32 Å². The predicted molar refractivity (Wildman–Crippen MR) is 94.6 cm³/mol. The molecule has 0 aliphatic heterocycles. The molecule has 0 fully saturated rings. The Morgan fingerprint density at radius 3 is 2.31 bits per heavy atom. The van der Waals surface area contributed by atoms with E-state index in [4.69, 9.17) is 14.2 Å². The van der Waals surface area contributed by atoms with E-state index in [-0.39, 0.29) is 17.3 Å². The highest BCUT2D eigenvalue weighted by Gasteiger charge is 2.22. The summed E-state index contributed by atoms with van der Waals surface area (Å²) in [6.07, 6.45) is -0.902. The molecule has 1 N–H and O–H groups in total. The van der Waals surface area contributed by atoms with Crippen LogP contribution in [0.5, 0.6) is 17.2 Å². The number of ether oxygens (including phenoxy) is 3. The second kappa shape index (κ2) is 8.70. The Balaban J connectivity index is 1.99. The van der Waals surface area contributed by atoms with Crippen LogP contribution in [0, 0.1) is 10.1 Å². The fourth-order valence-corrected chi connectivity index (χ4v) is 2.19. The van der Waals surface area contributed by atoms with E-state index in [9.17, 15) is 14.9 Å². The summed E-state index contributed by atoms with van der Waals surface area (Å²) in [4.78, 5) is 22.8. The molecule has 0 saturated carbocycles. The van der Waals surface area contributed by atoms with Gasteiger partial charge in [-0.2, -0.15) is 0 Å².